The Labute approximate surface area is 329 Å². The van der Waals surface area contributed by atoms with Crippen molar-refractivity contribution in [1.82, 2.24) is 0 Å². The van der Waals surface area contributed by atoms with Crippen LogP contribution in [0.2, 0.25) is 0 Å². The minimum atomic E-state index is -2.84. The van der Waals surface area contributed by atoms with Gasteiger partial charge in [0.1, 0.15) is 5.75 Å². The highest BCUT2D eigenvalue weighted by Crippen LogP contribution is 2.56. The summed E-state index contributed by atoms with van der Waals surface area (Å²) in [5, 5.41) is 23.8. The van der Waals surface area contributed by atoms with Crippen LogP contribution in [0.3, 0.4) is 0 Å². The van der Waals surface area contributed by atoms with Crippen LogP contribution in [0.5, 0.6) is 5.75 Å². The highest BCUT2D eigenvalue weighted by molar-refractivity contribution is 7.39. The summed E-state index contributed by atoms with van der Waals surface area (Å²) >= 11 is 0. The Balaban J connectivity index is 2.88. The number of hydrogen-bond donors (Lipinski definition) is 4. The van der Waals surface area contributed by atoms with Crippen molar-refractivity contribution < 1.29 is 29.3 Å². The third-order valence-electron chi connectivity index (χ3n) is 10.9. The molecule has 0 aliphatic rings. The lowest BCUT2D eigenvalue weighted by atomic mass is 9.59. The molecule has 0 amide bonds. The lowest BCUT2D eigenvalue weighted by molar-refractivity contribution is -0.119. The minimum absolute atomic E-state index is 0.132. The summed E-state index contributed by atoms with van der Waals surface area (Å²) < 4.78 is 13.6. The van der Waals surface area contributed by atoms with E-state index in [2.05, 4.69) is 173 Å². The van der Waals surface area contributed by atoms with Crippen molar-refractivity contribution >= 4 is 8.60 Å². The third kappa shape index (κ3) is 9.61. The molecule has 3 rings (SSSR count). The fourth-order valence-corrected chi connectivity index (χ4v) is 7.66. The van der Waals surface area contributed by atoms with Crippen LogP contribution >= 0.6 is 8.60 Å². The molecule has 0 unspecified atom stereocenters. The smallest absolute Gasteiger partial charge is 0.327 e. The number of ether oxygens (including phenoxy) is 1. The monoisotopic (exact) mass is 765 g/mol. The van der Waals surface area contributed by atoms with Gasteiger partial charge in [0.05, 0.1) is 25.2 Å². The van der Waals surface area contributed by atoms with Gasteiger partial charge >= 0.3 is 8.60 Å². The minimum Gasteiger partial charge on any atom is -0.477 e. The molecule has 0 aromatic heterocycles. The summed E-state index contributed by atoms with van der Waals surface area (Å²) in [4.78, 5) is 20.5. The molecule has 7 heteroatoms. The zero-order valence-corrected chi connectivity index (χ0v) is 37.8. The first-order valence-corrected chi connectivity index (χ1v) is 20.6. The number of aliphatic hydroxyl groups is 2. The van der Waals surface area contributed by atoms with Crippen LogP contribution < -0.4 is 4.74 Å². The Hall–Kier alpha value is -2.31. The maximum absolute atomic E-state index is 11.9. The average molecular weight is 765 g/mol. The van der Waals surface area contributed by atoms with Gasteiger partial charge in [0, 0.05) is 11.1 Å². The van der Waals surface area contributed by atoms with E-state index in [1.54, 1.807) is 0 Å². The maximum atomic E-state index is 11.9. The first-order chi connectivity index (χ1) is 24.3. The maximum Gasteiger partial charge on any atom is 0.327 e. The SMILES string of the molecule is CC(C)(C)c1ccc(OC(c2ccc(C(C)(C)C)cc2C(C)(C)C)(c2ccc(C(C)(C)C)cc2C(C)(C)C)C(CO)(CO)COP(O)O)c(C(C)(C)C)c1. The standard InChI is InChI=1S/C47H73O6P/c1-40(2,3)31-19-22-34(36(25-31)43(10,11)12)47(46(28-48,29-49)30-52-54(50)51,35-23-20-32(41(4,5)6)26-37(35)44(13,14)15)53-39-24-21-33(42(7,8)9)27-38(39)45(16,17)18/h19-27,48-51H,28-30H2,1-18H3. The molecule has 0 saturated carbocycles. The summed E-state index contributed by atoms with van der Waals surface area (Å²) in [7, 11) is -2.84. The van der Waals surface area contributed by atoms with E-state index in [4.69, 9.17) is 9.26 Å². The normalized spacial score (nSPS) is 14.2. The lowest BCUT2D eigenvalue weighted by Gasteiger charge is -2.52. The molecule has 3 aromatic carbocycles. The van der Waals surface area contributed by atoms with Crippen LogP contribution in [0.1, 0.15) is 169 Å². The van der Waals surface area contributed by atoms with E-state index in [9.17, 15) is 20.0 Å². The summed E-state index contributed by atoms with van der Waals surface area (Å²) in [6, 6.07) is 19.3. The number of benzene rings is 3. The van der Waals surface area contributed by atoms with Crippen LogP contribution in [-0.2, 0) is 42.6 Å². The molecular weight excluding hydrogens is 691 g/mol. The molecular formula is C47H73O6P. The van der Waals surface area contributed by atoms with Crippen LogP contribution in [0.25, 0.3) is 0 Å². The van der Waals surface area contributed by atoms with Crippen LogP contribution in [0, 0.1) is 5.41 Å². The molecule has 0 atom stereocenters. The van der Waals surface area contributed by atoms with Crippen molar-refractivity contribution in [2.24, 2.45) is 5.41 Å². The molecule has 0 aliphatic carbocycles. The van der Waals surface area contributed by atoms with E-state index < -0.39 is 50.3 Å². The van der Waals surface area contributed by atoms with E-state index in [1.807, 2.05) is 6.07 Å². The first-order valence-electron chi connectivity index (χ1n) is 19.4. The quantitative estimate of drug-likeness (QED) is 0.153. The van der Waals surface area contributed by atoms with Crippen molar-refractivity contribution in [3.63, 3.8) is 0 Å². The van der Waals surface area contributed by atoms with E-state index in [0.29, 0.717) is 5.75 Å². The van der Waals surface area contributed by atoms with Crippen molar-refractivity contribution in [2.45, 2.75) is 163 Å². The zero-order valence-electron chi connectivity index (χ0n) is 36.9. The van der Waals surface area contributed by atoms with Crippen molar-refractivity contribution in [2.75, 3.05) is 19.8 Å². The van der Waals surface area contributed by atoms with E-state index in [0.717, 1.165) is 44.5 Å². The predicted molar refractivity (Wildman–Crippen MR) is 227 cm³/mol. The van der Waals surface area contributed by atoms with Gasteiger partial charge in [0.25, 0.3) is 0 Å². The molecule has 4 N–H and O–H groups in total. The first kappa shape index (κ1) is 46.1. The Morgan fingerprint density at radius 1 is 0.444 bits per heavy atom. The Kier molecular flexibility index (Phi) is 13.3. The molecule has 0 aliphatic heterocycles. The number of aliphatic hydroxyl groups excluding tert-OH is 2. The molecule has 6 nitrogen and oxygen atoms in total. The van der Waals surface area contributed by atoms with Crippen molar-refractivity contribution in [1.29, 1.82) is 0 Å². The molecule has 0 saturated heterocycles. The van der Waals surface area contributed by atoms with Crippen LogP contribution in [0.15, 0.2) is 54.6 Å². The summed E-state index contributed by atoms with van der Waals surface area (Å²) in [6.07, 6.45) is 0. The fraction of sp³-hybridized carbons (Fsp3) is 0.617. The Morgan fingerprint density at radius 3 is 1.07 bits per heavy atom. The van der Waals surface area contributed by atoms with Gasteiger partial charge in [0.2, 0.25) is 0 Å². The number of hydrogen-bond acceptors (Lipinski definition) is 6. The summed E-state index contributed by atoms with van der Waals surface area (Å²) in [5.74, 6) is 0.608. The van der Waals surface area contributed by atoms with Gasteiger partial charge in [-0.2, -0.15) is 0 Å². The van der Waals surface area contributed by atoms with Gasteiger partial charge in [-0.15, -0.1) is 0 Å². The van der Waals surface area contributed by atoms with Crippen LogP contribution in [-0.4, -0.2) is 39.8 Å². The second kappa shape index (κ2) is 15.6. The van der Waals surface area contributed by atoms with Gasteiger partial charge < -0.3 is 29.3 Å². The van der Waals surface area contributed by atoms with Gasteiger partial charge in [-0.1, -0.05) is 173 Å². The second-order valence-electron chi connectivity index (χ2n) is 21.6. The van der Waals surface area contributed by atoms with E-state index in [1.165, 1.54) is 0 Å². The average Bonchev–Trinajstić information content (AvgIpc) is 3.01. The molecule has 0 bridgehead atoms. The fourth-order valence-electron chi connectivity index (χ4n) is 7.29. The highest BCUT2D eigenvalue weighted by Gasteiger charge is 2.59. The Bertz CT molecular complexity index is 1670. The van der Waals surface area contributed by atoms with Crippen LogP contribution in [0.4, 0.5) is 0 Å². The highest BCUT2D eigenvalue weighted by atomic mass is 31.2. The Morgan fingerprint density at radius 2 is 0.778 bits per heavy atom. The van der Waals surface area contributed by atoms with Gasteiger partial charge in [-0.05, 0) is 71.9 Å². The lowest BCUT2D eigenvalue weighted by Crippen LogP contribution is -2.59. The van der Waals surface area contributed by atoms with Gasteiger partial charge in [-0.25, -0.2) is 0 Å². The van der Waals surface area contributed by atoms with Gasteiger partial charge in [-0.3, -0.25) is 0 Å². The largest absolute Gasteiger partial charge is 0.477 e. The zero-order chi connectivity index (χ0) is 41.7. The van der Waals surface area contributed by atoms with E-state index >= 15 is 0 Å². The topological polar surface area (TPSA) is 99.4 Å². The predicted octanol–water partition coefficient (Wildman–Crippen LogP) is 11.0. The molecule has 0 spiro atoms. The summed E-state index contributed by atoms with van der Waals surface area (Å²) in [6.45, 7) is 37.7. The molecule has 0 fully saturated rings. The van der Waals surface area contributed by atoms with Crippen molar-refractivity contribution in [3.05, 3.63) is 99.1 Å². The molecule has 0 heterocycles. The van der Waals surface area contributed by atoms with Gasteiger partial charge in [0.15, 0.2) is 5.60 Å². The van der Waals surface area contributed by atoms with E-state index in [-0.39, 0.29) is 21.7 Å². The summed E-state index contributed by atoms with van der Waals surface area (Å²) in [5.41, 5.74) is 2.94. The second-order valence-corrected chi connectivity index (χ2v) is 22.4. The molecule has 3 aromatic rings. The number of rotatable bonds is 10. The molecule has 302 valence electrons. The third-order valence-corrected chi connectivity index (χ3v) is 11.2. The molecule has 0 radical (unpaired) electrons. The molecule has 54 heavy (non-hydrogen) atoms. The van der Waals surface area contributed by atoms with Crippen molar-refractivity contribution in [3.8, 4) is 5.75 Å².